The highest BCUT2D eigenvalue weighted by molar-refractivity contribution is 7.90. The molecule has 0 radical (unpaired) electrons. The quantitative estimate of drug-likeness (QED) is 0.879. The summed E-state index contributed by atoms with van der Waals surface area (Å²) in [7, 11) is -3.39. The Hall–Kier alpha value is -1.76. The van der Waals surface area contributed by atoms with Gasteiger partial charge in [0, 0.05) is 11.3 Å². The molecule has 0 bridgehead atoms. The first-order chi connectivity index (χ1) is 10.2. The Morgan fingerprint density at radius 2 is 1.82 bits per heavy atom. The summed E-state index contributed by atoms with van der Waals surface area (Å²) < 4.78 is 22.9. The molecule has 0 aromatic heterocycles. The zero-order valence-electron chi connectivity index (χ0n) is 11.3. The molecule has 2 rings (SSSR count). The van der Waals surface area contributed by atoms with Gasteiger partial charge in [-0.1, -0.05) is 23.2 Å². The first-order valence-electron chi connectivity index (χ1n) is 5.98. The van der Waals surface area contributed by atoms with Gasteiger partial charge in [0.05, 0.1) is 21.2 Å². The minimum Gasteiger partial charge on any atom is -0.507 e. The van der Waals surface area contributed by atoms with Crippen LogP contribution in [0.4, 0.5) is 5.69 Å². The molecule has 5 nitrogen and oxygen atoms in total. The molecule has 0 heterocycles. The molecule has 0 atom stereocenters. The van der Waals surface area contributed by atoms with Gasteiger partial charge < -0.3 is 10.4 Å². The Balaban J connectivity index is 2.31. The van der Waals surface area contributed by atoms with Gasteiger partial charge in [-0.3, -0.25) is 4.79 Å². The number of nitrogens with one attached hydrogen (secondary N) is 1. The molecular weight excluding hydrogens is 349 g/mol. The van der Waals surface area contributed by atoms with Crippen LogP contribution in [0.15, 0.2) is 41.3 Å². The second-order valence-corrected chi connectivity index (χ2v) is 7.39. The number of aromatic hydroxyl groups is 1. The fraction of sp³-hybridized carbons (Fsp3) is 0.0714. The maximum atomic E-state index is 12.1. The average molecular weight is 360 g/mol. The molecule has 0 aliphatic heterocycles. The highest BCUT2D eigenvalue weighted by Crippen LogP contribution is 2.27. The number of hydrogen-bond donors (Lipinski definition) is 2. The Kier molecular flexibility index (Phi) is 4.65. The molecule has 116 valence electrons. The van der Waals surface area contributed by atoms with Crippen LogP contribution >= 0.6 is 23.2 Å². The largest absolute Gasteiger partial charge is 0.507 e. The number of carbonyl (C=O) groups is 1. The Bertz CT molecular complexity index is 850. The second kappa shape index (κ2) is 6.16. The van der Waals surface area contributed by atoms with E-state index in [0.29, 0.717) is 5.02 Å². The first kappa shape index (κ1) is 16.6. The van der Waals surface area contributed by atoms with Gasteiger partial charge in [0.25, 0.3) is 5.91 Å². The summed E-state index contributed by atoms with van der Waals surface area (Å²) in [6.07, 6.45) is 1.06. The van der Waals surface area contributed by atoms with Crippen LogP contribution in [0.5, 0.6) is 5.75 Å². The smallest absolute Gasteiger partial charge is 0.259 e. The van der Waals surface area contributed by atoms with E-state index in [4.69, 9.17) is 23.2 Å². The van der Waals surface area contributed by atoms with Crippen LogP contribution in [0.3, 0.4) is 0 Å². The fourth-order valence-electron chi connectivity index (χ4n) is 1.71. The van der Waals surface area contributed by atoms with E-state index in [1.807, 2.05) is 0 Å². The van der Waals surface area contributed by atoms with Gasteiger partial charge in [-0.05, 0) is 36.4 Å². The van der Waals surface area contributed by atoms with Crippen molar-refractivity contribution in [2.75, 3.05) is 11.6 Å². The van der Waals surface area contributed by atoms with Crippen LogP contribution in [0, 0.1) is 0 Å². The number of rotatable bonds is 3. The van der Waals surface area contributed by atoms with Crippen molar-refractivity contribution in [2.24, 2.45) is 0 Å². The van der Waals surface area contributed by atoms with Crippen molar-refractivity contribution in [3.05, 3.63) is 52.0 Å². The number of halogens is 2. The highest BCUT2D eigenvalue weighted by atomic mass is 35.5. The Labute approximate surface area is 137 Å². The summed E-state index contributed by atoms with van der Waals surface area (Å²) in [5.74, 6) is -0.847. The van der Waals surface area contributed by atoms with E-state index in [2.05, 4.69) is 5.32 Å². The molecule has 1 amide bonds. The molecule has 0 aliphatic rings. The topological polar surface area (TPSA) is 83.5 Å². The fourth-order valence-corrected chi connectivity index (χ4v) is 2.82. The molecule has 0 spiro atoms. The minimum absolute atomic E-state index is 0.0178. The summed E-state index contributed by atoms with van der Waals surface area (Å²) in [6, 6.07) is 8.00. The van der Waals surface area contributed by atoms with Crippen LogP contribution < -0.4 is 5.32 Å². The van der Waals surface area contributed by atoms with E-state index in [1.54, 1.807) is 0 Å². The van der Waals surface area contributed by atoms with Gasteiger partial charge in [0.2, 0.25) is 0 Å². The van der Waals surface area contributed by atoms with Crippen molar-refractivity contribution in [3.63, 3.8) is 0 Å². The molecule has 0 unspecified atom stereocenters. The van der Waals surface area contributed by atoms with Gasteiger partial charge in [0.1, 0.15) is 5.75 Å². The Morgan fingerprint density at radius 1 is 1.14 bits per heavy atom. The van der Waals surface area contributed by atoms with Crippen LogP contribution in [0.2, 0.25) is 10.0 Å². The zero-order valence-corrected chi connectivity index (χ0v) is 13.6. The predicted molar refractivity (Wildman–Crippen MR) is 85.6 cm³/mol. The molecule has 0 saturated carbocycles. The van der Waals surface area contributed by atoms with Crippen molar-refractivity contribution >= 4 is 44.6 Å². The average Bonchev–Trinajstić information content (AvgIpc) is 2.42. The third kappa shape index (κ3) is 3.71. The van der Waals surface area contributed by atoms with Gasteiger partial charge >= 0.3 is 0 Å². The highest BCUT2D eigenvalue weighted by Gasteiger charge is 2.15. The monoisotopic (exact) mass is 359 g/mol. The number of anilines is 1. The number of hydrogen-bond acceptors (Lipinski definition) is 4. The van der Waals surface area contributed by atoms with Crippen molar-refractivity contribution in [2.45, 2.75) is 4.90 Å². The normalized spacial score (nSPS) is 11.2. The van der Waals surface area contributed by atoms with E-state index in [0.717, 1.165) is 6.26 Å². The van der Waals surface area contributed by atoms with Crippen LogP contribution in [0.25, 0.3) is 0 Å². The van der Waals surface area contributed by atoms with Gasteiger partial charge in [0.15, 0.2) is 9.84 Å². The molecule has 2 aromatic carbocycles. The molecule has 2 aromatic rings. The summed E-state index contributed by atoms with van der Waals surface area (Å²) in [6.45, 7) is 0. The predicted octanol–water partition coefficient (Wildman–Crippen LogP) is 3.35. The van der Waals surface area contributed by atoms with Crippen molar-refractivity contribution < 1.29 is 18.3 Å². The molecule has 2 N–H and O–H groups in total. The van der Waals surface area contributed by atoms with Crippen molar-refractivity contribution in [1.82, 2.24) is 0 Å². The van der Waals surface area contributed by atoms with E-state index in [1.165, 1.54) is 36.4 Å². The van der Waals surface area contributed by atoms with Crippen LogP contribution in [-0.4, -0.2) is 25.7 Å². The van der Waals surface area contributed by atoms with Crippen molar-refractivity contribution in [3.8, 4) is 5.75 Å². The lowest BCUT2D eigenvalue weighted by Crippen LogP contribution is -2.12. The Morgan fingerprint density at radius 3 is 2.41 bits per heavy atom. The van der Waals surface area contributed by atoms with E-state index in [9.17, 15) is 18.3 Å². The summed E-state index contributed by atoms with van der Waals surface area (Å²) in [5, 5.41) is 12.5. The zero-order chi connectivity index (χ0) is 16.5. The summed E-state index contributed by atoms with van der Waals surface area (Å²) in [5.41, 5.74) is 0.203. The molecule has 0 saturated heterocycles. The number of amides is 1. The third-order valence-electron chi connectivity index (χ3n) is 2.82. The lowest BCUT2D eigenvalue weighted by molar-refractivity contribution is 0.102. The van der Waals surface area contributed by atoms with E-state index >= 15 is 0 Å². The standard InChI is InChI=1S/C14H11Cl2NO4S/c1-22(20,21)9-3-4-12(11(16)7-9)17-14(19)10-6-8(15)2-5-13(10)18/h2-7,18H,1H3,(H,17,19). The number of sulfone groups is 1. The number of benzene rings is 2. The molecular formula is C14H11Cl2NO4S. The molecule has 8 heteroatoms. The van der Waals surface area contributed by atoms with Crippen LogP contribution in [-0.2, 0) is 9.84 Å². The van der Waals surface area contributed by atoms with Gasteiger partial charge in [-0.25, -0.2) is 8.42 Å². The van der Waals surface area contributed by atoms with E-state index < -0.39 is 15.7 Å². The SMILES string of the molecule is CS(=O)(=O)c1ccc(NC(=O)c2cc(Cl)ccc2O)c(Cl)c1. The first-order valence-corrected chi connectivity index (χ1v) is 8.62. The molecule has 0 fully saturated rings. The number of phenols is 1. The second-order valence-electron chi connectivity index (χ2n) is 4.53. The molecule has 0 aliphatic carbocycles. The summed E-state index contributed by atoms with van der Waals surface area (Å²) in [4.78, 5) is 12.2. The van der Waals surface area contributed by atoms with Gasteiger partial charge in [-0.15, -0.1) is 0 Å². The van der Waals surface area contributed by atoms with E-state index in [-0.39, 0.29) is 26.9 Å². The minimum atomic E-state index is -3.39. The van der Waals surface area contributed by atoms with Gasteiger partial charge in [-0.2, -0.15) is 0 Å². The third-order valence-corrected chi connectivity index (χ3v) is 4.48. The number of carbonyl (C=O) groups excluding carboxylic acids is 1. The maximum absolute atomic E-state index is 12.1. The lowest BCUT2D eigenvalue weighted by Gasteiger charge is -2.10. The van der Waals surface area contributed by atoms with Crippen LogP contribution in [0.1, 0.15) is 10.4 Å². The lowest BCUT2D eigenvalue weighted by atomic mass is 10.2. The molecule has 22 heavy (non-hydrogen) atoms. The maximum Gasteiger partial charge on any atom is 0.259 e. The van der Waals surface area contributed by atoms with Crippen molar-refractivity contribution in [1.29, 1.82) is 0 Å². The number of phenolic OH excluding ortho intramolecular Hbond substituents is 1. The summed E-state index contributed by atoms with van der Waals surface area (Å²) >= 11 is 11.8.